The highest BCUT2D eigenvalue weighted by atomic mass is 16.7. The van der Waals surface area contributed by atoms with Crippen LogP contribution >= 0.6 is 0 Å². The number of hydrogen-bond acceptors (Lipinski definition) is 3. The Labute approximate surface area is 62.0 Å². The van der Waals surface area contributed by atoms with Crippen molar-refractivity contribution < 1.29 is 14.6 Å². The quantitative estimate of drug-likeness (QED) is 0.585. The molecule has 0 aromatic carbocycles. The molecule has 1 N–H and O–H groups in total. The molecule has 0 bridgehead atoms. The molecular weight excluding hydrogens is 132 g/mol. The lowest BCUT2D eigenvalue weighted by molar-refractivity contribution is -0.160. The van der Waals surface area contributed by atoms with Crippen molar-refractivity contribution in [2.45, 2.75) is 33.2 Å². The number of ether oxygens (including phenoxy) is 2. The second-order valence-corrected chi connectivity index (χ2v) is 2.15. The minimum Gasteiger partial charge on any atom is -0.394 e. The first kappa shape index (κ1) is 9.88. The van der Waals surface area contributed by atoms with E-state index in [2.05, 4.69) is 0 Å². The maximum atomic E-state index is 8.57. The first-order valence-corrected chi connectivity index (χ1v) is 3.58. The first-order valence-electron chi connectivity index (χ1n) is 3.58. The number of aliphatic hydroxyl groups is 1. The van der Waals surface area contributed by atoms with E-state index in [1.54, 1.807) is 6.92 Å². The van der Waals surface area contributed by atoms with Gasteiger partial charge in [0.2, 0.25) is 0 Å². The van der Waals surface area contributed by atoms with Crippen molar-refractivity contribution >= 4 is 0 Å². The van der Waals surface area contributed by atoms with Crippen molar-refractivity contribution in [2.75, 3.05) is 13.2 Å². The van der Waals surface area contributed by atoms with Crippen LogP contribution in [0.5, 0.6) is 0 Å². The summed E-state index contributed by atoms with van der Waals surface area (Å²) in [4.78, 5) is 0. The van der Waals surface area contributed by atoms with Gasteiger partial charge in [0.1, 0.15) is 0 Å². The minimum absolute atomic E-state index is 0.0391. The summed E-state index contributed by atoms with van der Waals surface area (Å²) in [6.45, 7) is 6.20. The van der Waals surface area contributed by atoms with Gasteiger partial charge >= 0.3 is 0 Å². The molecule has 2 atom stereocenters. The fourth-order valence-electron chi connectivity index (χ4n) is 0.644. The van der Waals surface area contributed by atoms with Crippen LogP contribution in [0.3, 0.4) is 0 Å². The molecule has 0 aromatic rings. The van der Waals surface area contributed by atoms with E-state index in [1.807, 2.05) is 13.8 Å². The summed E-state index contributed by atoms with van der Waals surface area (Å²) in [6, 6.07) is 0. The van der Waals surface area contributed by atoms with E-state index in [0.717, 1.165) is 0 Å². The second-order valence-electron chi connectivity index (χ2n) is 2.15. The van der Waals surface area contributed by atoms with Crippen molar-refractivity contribution in [3.63, 3.8) is 0 Å². The molecule has 0 aliphatic rings. The van der Waals surface area contributed by atoms with Crippen LogP contribution < -0.4 is 0 Å². The fourth-order valence-corrected chi connectivity index (χ4v) is 0.644. The van der Waals surface area contributed by atoms with Crippen LogP contribution in [0.2, 0.25) is 0 Å². The zero-order valence-electron chi connectivity index (χ0n) is 6.83. The normalized spacial score (nSPS) is 16.8. The van der Waals surface area contributed by atoms with E-state index in [1.165, 1.54) is 0 Å². The molecular formula is C7H16O3. The summed E-state index contributed by atoms with van der Waals surface area (Å²) in [5.74, 6) is 0. The van der Waals surface area contributed by atoms with E-state index in [0.29, 0.717) is 6.61 Å². The minimum atomic E-state index is -0.216. The van der Waals surface area contributed by atoms with Gasteiger partial charge in [0.25, 0.3) is 0 Å². The molecule has 10 heavy (non-hydrogen) atoms. The van der Waals surface area contributed by atoms with Crippen LogP contribution in [-0.4, -0.2) is 30.7 Å². The Bertz CT molecular complexity index is 75.3. The first-order chi connectivity index (χ1) is 4.70. The highest BCUT2D eigenvalue weighted by molar-refractivity contribution is 4.44. The number of aliphatic hydroxyl groups excluding tert-OH is 1. The molecule has 62 valence electrons. The third-order valence-electron chi connectivity index (χ3n) is 1.08. The SMILES string of the molecule is CCOC(C)O[C@H](C)CO. The zero-order chi connectivity index (χ0) is 7.98. The standard InChI is InChI=1S/C7H16O3/c1-4-9-7(3)10-6(2)5-8/h6-8H,4-5H2,1-3H3/t6-,7?/m1/s1. The van der Waals surface area contributed by atoms with Gasteiger partial charge in [0.15, 0.2) is 6.29 Å². The predicted molar refractivity (Wildman–Crippen MR) is 38.7 cm³/mol. The van der Waals surface area contributed by atoms with Gasteiger partial charge in [-0.3, -0.25) is 0 Å². The Morgan fingerprint density at radius 3 is 2.40 bits per heavy atom. The molecule has 0 fully saturated rings. The van der Waals surface area contributed by atoms with Gasteiger partial charge in [0.05, 0.1) is 12.7 Å². The summed E-state index contributed by atoms with van der Waals surface area (Å²) in [5, 5.41) is 8.57. The van der Waals surface area contributed by atoms with Gasteiger partial charge in [-0.2, -0.15) is 0 Å². The van der Waals surface area contributed by atoms with Gasteiger partial charge in [-0.25, -0.2) is 0 Å². The Kier molecular flexibility index (Phi) is 5.58. The van der Waals surface area contributed by atoms with Gasteiger partial charge < -0.3 is 14.6 Å². The maximum Gasteiger partial charge on any atom is 0.155 e. The molecule has 0 spiro atoms. The third-order valence-corrected chi connectivity index (χ3v) is 1.08. The van der Waals surface area contributed by atoms with Crippen molar-refractivity contribution in [3.8, 4) is 0 Å². The molecule has 0 rings (SSSR count). The van der Waals surface area contributed by atoms with Gasteiger partial charge in [-0.1, -0.05) is 0 Å². The molecule has 1 unspecified atom stereocenters. The lowest BCUT2D eigenvalue weighted by Gasteiger charge is -2.16. The lowest BCUT2D eigenvalue weighted by atomic mass is 10.4. The van der Waals surface area contributed by atoms with Crippen LogP contribution in [0.15, 0.2) is 0 Å². The van der Waals surface area contributed by atoms with Crippen LogP contribution in [0.25, 0.3) is 0 Å². The average Bonchev–Trinajstić information content (AvgIpc) is 1.88. The monoisotopic (exact) mass is 148 g/mol. The number of rotatable bonds is 5. The Morgan fingerprint density at radius 2 is 2.00 bits per heavy atom. The van der Waals surface area contributed by atoms with Crippen molar-refractivity contribution in [1.29, 1.82) is 0 Å². The molecule has 3 nitrogen and oxygen atoms in total. The summed E-state index contributed by atoms with van der Waals surface area (Å²) in [6.07, 6.45) is -0.353. The third kappa shape index (κ3) is 4.73. The molecule has 0 saturated carbocycles. The second kappa shape index (κ2) is 5.65. The fraction of sp³-hybridized carbons (Fsp3) is 1.00. The van der Waals surface area contributed by atoms with E-state index >= 15 is 0 Å². The Balaban J connectivity index is 3.27. The summed E-state index contributed by atoms with van der Waals surface area (Å²) in [5.41, 5.74) is 0. The topological polar surface area (TPSA) is 38.7 Å². The molecule has 0 saturated heterocycles. The van der Waals surface area contributed by atoms with Crippen molar-refractivity contribution in [1.82, 2.24) is 0 Å². The van der Waals surface area contributed by atoms with Gasteiger partial charge in [0, 0.05) is 6.61 Å². The Hall–Kier alpha value is -0.120. The van der Waals surface area contributed by atoms with Crippen LogP contribution in [-0.2, 0) is 9.47 Å². The van der Waals surface area contributed by atoms with Crippen molar-refractivity contribution in [3.05, 3.63) is 0 Å². The highest BCUT2D eigenvalue weighted by Crippen LogP contribution is 1.97. The van der Waals surface area contributed by atoms with Crippen LogP contribution in [0.4, 0.5) is 0 Å². The largest absolute Gasteiger partial charge is 0.394 e. The predicted octanol–water partition coefficient (Wildman–Crippen LogP) is 0.766. The molecule has 0 aliphatic heterocycles. The van der Waals surface area contributed by atoms with Crippen LogP contribution in [0.1, 0.15) is 20.8 Å². The summed E-state index contributed by atoms with van der Waals surface area (Å²) in [7, 11) is 0. The maximum absolute atomic E-state index is 8.57. The Morgan fingerprint density at radius 1 is 1.40 bits per heavy atom. The van der Waals surface area contributed by atoms with Gasteiger partial charge in [-0.15, -0.1) is 0 Å². The highest BCUT2D eigenvalue weighted by Gasteiger charge is 2.05. The average molecular weight is 148 g/mol. The number of hydrogen-bond donors (Lipinski definition) is 1. The molecule has 0 heterocycles. The molecule has 3 heteroatoms. The zero-order valence-corrected chi connectivity index (χ0v) is 6.83. The molecule has 0 aromatic heterocycles. The molecule has 0 aliphatic carbocycles. The van der Waals surface area contributed by atoms with Gasteiger partial charge in [-0.05, 0) is 20.8 Å². The van der Waals surface area contributed by atoms with E-state index < -0.39 is 0 Å². The molecule has 0 radical (unpaired) electrons. The summed E-state index contributed by atoms with van der Waals surface area (Å²) < 4.78 is 10.2. The smallest absolute Gasteiger partial charge is 0.155 e. The van der Waals surface area contributed by atoms with Crippen LogP contribution in [0, 0.1) is 0 Å². The van der Waals surface area contributed by atoms with E-state index in [-0.39, 0.29) is 19.0 Å². The molecule has 0 amide bonds. The lowest BCUT2D eigenvalue weighted by Crippen LogP contribution is -2.22. The van der Waals surface area contributed by atoms with E-state index in [9.17, 15) is 0 Å². The van der Waals surface area contributed by atoms with Crippen molar-refractivity contribution in [2.24, 2.45) is 0 Å². The summed E-state index contributed by atoms with van der Waals surface area (Å²) >= 11 is 0. The van der Waals surface area contributed by atoms with E-state index in [4.69, 9.17) is 14.6 Å².